The van der Waals surface area contributed by atoms with Crippen LogP contribution in [0.5, 0.6) is 5.75 Å². The summed E-state index contributed by atoms with van der Waals surface area (Å²) in [6.07, 6.45) is 3.09. The number of ether oxygens (including phenoxy) is 1. The van der Waals surface area contributed by atoms with Crippen LogP contribution in [0.1, 0.15) is 50.7 Å². The van der Waals surface area contributed by atoms with Gasteiger partial charge in [-0.1, -0.05) is 12.8 Å². The van der Waals surface area contributed by atoms with Crippen LogP contribution in [-0.2, 0) is 0 Å². The van der Waals surface area contributed by atoms with Crippen LogP contribution in [0, 0.1) is 5.82 Å². The van der Waals surface area contributed by atoms with Crippen molar-refractivity contribution in [3.63, 3.8) is 0 Å². The molecule has 1 aromatic carbocycles. The third kappa shape index (κ3) is 3.67. The molecule has 1 aliphatic carbocycles. The molecular formula is C15H21FO3. The molecule has 0 amide bonds. The highest BCUT2D eigenvalue weighted by Crippen LogP contribution is 2.29. The van der Waals surface area contributed by atoms with Gasteiger partial charge in [-0.2, -0.15) is 0 Å². The highest BCUT2D eigenvalue weighted by molar-refractivity contribution is 5.35. The molecule has 106 valence electrons. The molecule has 0 aromatic heterocycles. The Kier molecular flexibility index (Phi) is 4.77. The Bertz CT molecular complexity index is 420. The van der Waals surface area contributed by atoms with Crippen LogP contribution in [-0.4, -0.2) is 22.4 Å². The van der Waals surface area contributed by atoms with Crippen molar-refractivity contribution in [1.29, 1.82) is 0 Å². The van der Waals surface area contributed by atoms with Crippen LogP contribution in [0.4, 0.5) is 4.39 Å². The van der Waals surface area contributed by atoms with Crippen LogP contribution in [0.2, 0.25) is 0 Å². The smallest absolute Gasteiger partial charge is 0.125 e. The minimum Gasteiger partial charge on any atom is -0.487 e. The molecule has 0 radical (unpaired) electrons. The van der Waals surface area contributed by atoms with E-state index in [4.69, 9.17) is 4.74 Å². The van der Waals surface area contributed by atoms with Gasteiger partial charge in [0.05, 0.1) is 12.2 Å². The number of benzene rings is 1. The SMILES string of the molecule is C[C@H](O)c1cc(F)ccc1OC1CCCCCC1O. The second-order valence-electron chi connectivity index (χ2n) is 5.22. The van der Waals surface area contributed by atoms with Gasteiger partial charge in [-0.15, -0.1) is 0 Å². The lowest BCUT2D eigenvalue weighted by Crippen LogP contribution is -2.30. The van der Waals surface area contributed by atoms with E-state index in [1.54, 1.807) is 6.92 Å². The second-order valence-corrected chi connectivity index (χ2v) is 5.22. The van der Waals surface area contributed by atoms with Gasteiger partial charge in [0.15, 0.2) is 0 Å². The van der Waals surface area contributed by atoms with E-state index in [9.17, 15) is 14.6 Å². The maximum absolute atomic E-state index is 13.2. The highest BCUT2D eigenvalue weighted by atomic mass is 19.1. The zero-order valence-corrected chi connectivity index (χ0v) is 11.2. The first-order valence-corrected chi connectivity index (χ1v) is 6.90. The van der Waals surface area contributed by atoms with Crippen molar-refractivity contribution in [2.75, 3.05) is 0 Å². The van der Waals surface area contributed by atoms with E-state index < -0.39 is 18.0 Å². The molecule has 1 fully saturated rings. The zero-order chi connectivity index (χ0) is 13.8. The zero-order valence-electron chi connectivity index (χ0n) is 11.2. The molecule has 1 aliphatic rings. The minimum absolute atomic E-state index is 0.273. The van der Waals surface area contributed by atoms with E-state index in [0.29, 0.717) is 11.3 Å². The molecule has 19 heavy (non-hydrogen) atoms. The molecular weight excluding hydrogens is 247 g/mol. The molecule has 0 heterocycles. The Morgan fingerprint density at radius 1 is 1.26 bits per heavy atom. The molecule has 1 aromatic rings. The van der Waals surface area contributed by atoms with Gasteiger partial charge in [-0.3, -0.25) is 0 Å². The molecule has 4 heteroatoms. The second kappa shape index (κ2) is 6.35. The van der Waals surface area contributed by atoms with E-state index in [1.807, 2.05) is 0 Å². The van der Waals surface area contributed by atoms with Crippen molar-refractivity contribution in [2.45, 2.75) is 57.3 Å². The number of rotatable bonds is 3. The van der Waals surface area contributed by atoms with Crippen molar-refractivity contribution in [3.05, 3.63) is 29.6 Å². The fourth-order valence-corrected chi connectivity index (χ4v) is 2.51. The molecule has 0 saturated heterocycles. The molecule has 2 rings (SSSR count). The highest BCUT2D eigenvalue weighted by Gasteiger charge is 2.24. The molecule has 2 unspecified atom stereocenters. The molecule has 0 spiro atoms. The normalized spacial score (nSPS) is 25.7. The average molecular weight is 268 g/mol. The first kappa shape index (κ1) is 14.3. The number of aliphatic hydroxyl groups is 2. The van der Waals surface area contributed by atoms with Crippen LogP contribution in [0.25, 0.3) is 0 Å². The summed E-state index contributed by atoms with van der Waals surface area (Å²) < 4.78 is 19.0. The number of aliphatic hydroxyl groups excluding tert-OH is 2. The average Bonchev–Trinajstić information content (AvgIpc) is 2.57. The van der Waals surface area contributed by atoms with Gasteiger partial charge in [0.2, 0.25) is 0 Å². The van der Waals surface area contributed by atoms with Gasteiger partial charge in [0.25, 0.3) is 0 Å². The molecule has 1 saturated carbocycles. The summed E-state index contributed by atoms with van der Waals surface area (Å²) >= 11 is 0. The van der Waals surface area contributed by atoms with Gasteiger partial charge < -0.3 is 14.9 Å². The predicted molar refractivity (Wildman–Crippen MR) is 70.5 cm³/mol. The summed E-state index contributed by atoms with van der Waals surface area (Å²) in [5.41, 5.74) is 0.427. The van der Waals surface area contributed by atoms with Crippen molar-refractivity contribution >= 4 is 0 Å². The van der Waals surface area contributed by atoms with Crippen molar-refractivity contribution < 1.29 is 19.3 Å². The summed E-state index contributed by atoms with van der Waals surface area (Å²) in [7, 11) is 0. The fraction of sp³-hybridized carbons (Fsp3) is 0.600. The van der Waals surface area contributed by atoms with Crippen molar-refractivity contribution in [2.24, 2.45) is 0 Å². The quantitative estimate of drug-likeness (QED) is 0.829. The predicted octanol–water partition coefficient (Wildman–Crippen LogP) is 2.95. The summed E-state index contributed by atoms with van der Waals surface area (Å²) in [5.74, 6) is 0.0621. The van der Waals surface area contributed by atoms with E-state index in [-0.39, 0.29) is 6.10 Å². The van der Waals surface area contributed by atoms with Crippen molar-refractivity contribution in [1.82, 2.24) is 0 Å². The molecule has 3 nitrogen and oxygen atoms in total. The summed E-state index contributed by atoms with van der Waals surface area (Å²) in [6, 6.07) is 4.11. The Morgan fingerprint density at radius 3 is 2.74 bits per heavy atom. The summed E-state index contributed by atoms with van der Waals surface area (Å²) in [6.45, 7) is 1.57. The first-order valence-electron chi connectivity index (χ1n) is 6.90. The molecule has 0 bridgehead atoms. The number of hydrogen-bond donors (Lipinski definition) is 2. The maximum atomic E-state index is 13.2. The van der Waals surface area contributed by atoms with Gasteiger partial charge in [-0.05, 0) is 44.4 Å². The van der Waals surface area contributed by atoms with Crippen LogP contribution in [0.3, 0.4) is 0 Å². The summed E-state index contributed by atoms with van der Waals surface area (Å²) in [5, 5.41) is 19.7. The third-order valence-corrected chi connectivity index (χ3v) is 3.62. The van der Waals surface area contributed by atoms with E-state index in [0.717, 1.165) is 32.1 Å². The van der Waals surface area contributed by atoms with Crippen LogP contribution >= 0.6 is 0 Å². The Morgan fingerprint density at radius 2 is 2.00 bits per heavy atom. The first-order chi connectivity index (χ1) is 9.08. The van der Waals surface area contributed by atoms with E-state index in [2.05, 4.69) is 0 Å². The largest absolute Gasteiger partial charge is 0.487 e. The Labute approximate surface area is 113 Å². The fourth-order valence-electron chi connectivity index (χ4n) is 2.51. The molecule has 3 atom stereocenters. The number of hydrogen-bond acceptors (Lipinski definition) is 3. The maximum Gasteiger partial charge on any atom is 0.125 e. The van der Waals surface area contributed by atoms with E-state index >= 15 is 0 Å². The lowest BCUT2D eigenvalue weighted by Gasteiger charge is -2.24. The van der Waals surface area contributed by atoms with Gasteiger partial charge >= 0.3 is 0 Å². The Balaban J connectivity index is 2.17. The third-order valence-electron chi connectivity index (χ3n) is 3.62. The Hall–Kier alpha value is -1.13. The number of halogens is 1. The topological polar surface area (TPSA) is 49.7 Å². The van der Waals surface area contributed by atoms with Crippen LogP contribution < -0.4 is 4.74 Å². The molecule has 0 aliphatic heterocycles. The lowest BCUT2D eigenvalue weighted by molar-refractivity contribution is 0.0299. The van der Waals surface area contributed by atoms with Gasteiger partial charge in [0.1, 0.15) is 17.7 Å². The summed E-state index contributed by atoms with van der Waals surface area (Å²) in [4.78, 5) is 0. The van der Waals surface area contributed by atoms with Crippen LogP contribution in [0.15, 0.2) is 18.2 Å². The monoisotopic (exact) mass is 268 g/mol. The molecule has 2 N–H and O–H groups in total. The lowest BCUT2D eigenvalue weighted by atomic mass is 10.1. The van der Waals surface area contributed by atoms with Gasteiger partial charge in [0, 0.05) is 5.56 Å². The van der Waals surface area contributed by atoms with E-state index in [1.165, 1.54) is 18.2 Å². The standard InChI is InChI=1S/C15H21FO3/c1-10(17)12-9-11(16)7-8-14(12)19-15-6-4-2-3-5-13(15)18/h7-10,13,15,17-18H,2-6H2,1H3/t10-,13?,15?/m0/s1. The minimum atomic E-state index is -0.798. The van der Waals surface area contributed by atoms with Gasteiger partial charge in [-0.25, -0.2) is 4.39 Å². The van der Waals surface area contributed by atoms with Crippen molar-refractivity contribution in [3.8, 4) is 5.75 Å².